The molecule has 7 heteroatoms. The van der Waals surface area contributed by atoms with E-state index in [1.54, 1.807) is 12.4 Å². The summed E-state index contributed by atoms with van der Waals surface area (Å²) in [6.45, 7) is 3.79. The van der Waals surface area contributed by atoms with Crippen LogP contribution in [0.2, 0.25) is 0 Å². The molecule has 1 saturated heterocycles. The lowest BCUT2D eigenvalue weighted by atomic mass is 10.1. The number of rotatable bonds is 3. The maximum absolute atomic E-state index is 12.9. The highest BCUT2D eigenvalue weighted by Crippen LogP contribution is 2.26. The van der Waals surface area contributed by atoms with Crippen LogP contribution < -0.4 is 15.5 Å². The summed E-state index contributed by atoms with van der Waals surface area (Å²) in [5.74, 6) is 0.671. The third-order valence-corrected chi connectivity index (χ3v) is 5.09. The Hall–Kier alpha value is -3.45. The Bertz CT molecular complexity index is 1140. The van der Waals surface area contributed by atoms with Crippen LogP contribution in [0, 0.1) is 0 Å². The van der Waals surface area contributed by atoms with E-state index in [9.17, 15) is 4.79 Å². The Labute approximate surface area is 161 Å². The summed E-state index contributed by atoms with van der Waals surface area (Å²) in [5, 5.41) is 8.31. The predicted molar refractivity (Wildman–Crippen MR) is 111 cm³/mol. The molecule has 1 aliphatic heterocycles. The van der Waals surface area contributed by atoms with Gasteiger partial charge in [0.1, 0.15) is 5.82 Å². The summed E-state index contributed by atoms with van der Waals surface area (Å²) in [4.78, 5) is 27.2. The van der Waals surface area contributed by atoms with Gasteiger partial charge in [-0.15, -0.1) is 0 Å². The van der Waals surface area contributed by atoms with Crippen molar-refractivity contribution in [2.24, 2.45) is 0 Å². The number of H-pyrrole nitrogens is 1. The molecule has 140 valence electrons. The van der Waals surface area contributed by atoms with Gasteiger partial charge < -0.3 is 20.5 Å². The monoisotopic (exact) mass is 372 g/mol. The van der Waals surface area contributed by atoms with Crippen molar-refractivity contribution < 1.29 is 4.79 Å². The van der Waals surface area contributed by atoms with Crippen LogP contribution in [0.15, 0.2) is 54.9 Å². The van der Waals surface area contributed by atoms with Gasteiger partial charge >= 0.3 is 0 Å². The van der Waals surface area contributed by atoms with Crippen molar-refractivity contribution in [1.82, 2.24) is 20.3 Å². The van der Waals surface area contributed by atoms with E-state index in [4.69, 9.17) is 0 Å². The molecule has 1 aliphatic rings. The highest BCUT2D eigenvalue weighted by molar-refractivity contribution is 6.16. The van der Waals surface area contributed by atoms with Crippen molar-refractivity contribution in [1.29, 1.82) is 0 Å². The molecule has 1 aromatic carbocycles. The van der Waals surface area contributed by atoms with Gasteiger partial charge in [0.25, 0.3) is 5.91 Å². The summed E-state index contributed by atoms with van der Waals surface area (Å²) in [5.41, 5.74) is 2.76. The van der Waals surface area contributed by atoms with Crippen LogP contribution in [-0.2, 0) is 0 Å². The van der Waals surface area contributed by atoms with E-state index in [0.29, 0.717) is 11.4 Å². The van der Waals surface area contributed by atoms with Crippen molar-refractivity contribution in [3.05, 3.63) is 60.6 Å². The van der Waals surface area contributed by atoms with Gasteiger partial charge in [-0.05, 0) is 24.3 Å². The number of amides is 1. The lowest BCUT2D eigenvalue weighted by Gasteiger charge is -2.28. The molecule has 1 fully saturated rings. The fraction of sp³-hybridized carbons (Fsp3) is 0.190. The Morgan fingerprint density at radius 3 is 2.68 bits per heavy atom. The van der Waals surface area contributed by atoms with Crippen LogP contribution in [0.25, 0.3) is 21.8 Å². The van der Waals surface area contributed by atoms with Crippen LogP contribution >= 0.6 is 0 Å². The van der Waals surface area contributed by atoms with Crippen LogP contribution in [0.3, 0.4) is 0 Å². The number of aromatic nitrogens is 3. The summed E-state index contributed by atoms with van der Waals surface area (Å²) in [7, 11) is 0. The molecule has 3 aromatic heterocycles. The van der Waals surface area contributed by atoms with E-state index < -0.39 is 0 Å². The average Bonchev–Trinajstić information content (AvgIpc) is 3.14. The number of piperazine rings is 1. The van der Waals surface area contributed by atoms with E-state index in [-0.39, 0.29) is 5.91 Å². The quantitative estimate of drug-likeness (QED) is 0.515. The molecule has 0 radical (unpaired) electrons. The minimum atomic E-state index is -0.256. The number of anilines is 2. The summed E-state index contributed by atoms with van der Waals surface area (Å²) in [6, 6.07) is 13.7. The maximum Gasteiger partial charge on any atom is 0.276 e. The van der Waals surface area contributed by atoms with Gasteiger partial charge in [0.15, 0.2) is 5.69 Å². The van der Waals surface area contributed by atoms with Crippen LogP contribution in [0.5, 0.6) is 0 Å². The van der Waals surface area contributed by atoms with Crippen molar-refractivity contribution in [3.8, 4) is 0 Å². The fourth-order valence-electron chi connectivity index (χ4n) is 3.68. The lowest BCUT2D eigenvalue weighted by molar-refractivity contribution is 0.102. The molecule has 4 heterocycles. The molecule has 0 spiro atoms. The highest BCUT2D eigenvalue weighted by Gasteiger charge is 2.16. The third-order valence-electron chi connectivity index (χ3n) is 5.09. The van der Waals surface area contributed by atoms with Gasteiger partial charge in [-0.3, -0.25) is 4.79 Å². The lowest BCUT2D eigenvalue weighted by Crippen LogP contribution is -2.43. The zero-order chi connectivity index (χ0) is 18.9. The second-order valence-corrected chi connectivity index (χ2v) is 6.85. The standard InChI is InChI=1S/C21H20N6O/c28-21(25-14-5-6-18(24-13-14)27-11-9-22-10-12-27)20-19-16(7-8-23-20)15-3-1-2-4-17(15)26-19/h1-8,13,22,26H,9-12H2,(H,25,28). The largest absolute Gasteiger partial charge is 0.354 e. The van der Waals surface area contributed by atoms with Gasteiger partial charge in [-0.2, -0.15) is 0 Å². The molecule has 0 unspecified atom stereocenters. The molecule has 3 N–H and O–H groups in total. The SMILES string of the molecule is O=C(Nc1ccc(N2CCNCC2)nc1)c1nccc2c1[nH]c1ccccc12. The normalized spacial score (nSPS) is 14.5. The van der Waals surface area contributed by atoms with E-state index in [0.717, 1.165) is 53.8 Å². The molecule has 0 bridgehead atoms. The van der Waals surface area contributed by atoms with E-state index >= 15 is 0 Å². The molecule has 0 saturated carbocycles. The minimum absolute atomic E-state index is 0.256. The second kappa shape index (κ2) is 6.94. The summed E-state index contributed by atoms with van der Waals surface area (Å²) < 4.78 is 0. The van der Waals surface area contributed by atoms with Gasteiger partial charge in [-0.25, -0.2) is 9.97 Å². The number of nitrogens with one attached hydrogen (secondary N) is 3. The van der Waals surface area contributed by atoms with Gasteiger partial charge in [0.2, 0.25) is 0 Å². The van der Waals surface area contributed by atoms with E-state index in [1.807, 2.05) is 42.5 Å². The first-order chi connectivity index (χ1) is 13.8. The first kappa shape index (κ1) is 16.7. The van der Waals surface area contributed by atoms with Gasteiger partial charge in [0.05, 0.1) is 17.4 Å². The van der Waals surface area contributed by atoms with E-state index in [1.165, 1.54) is 0 Å². The molecular formula is C21H20N6O. The number of pyridine rings is 2. The van der Waals surface area contributed by atoms with Crippen LogP contribution in [0.1, 0.15) is 10.5 Å². The number of benzene rings is 1. The number of carbonyl (C=O) groups is 1. The number of aromatic amines is 1. The molecule has 5 rings (SSSR count). The zero-order valence-corrected chi connectivity index (χ0v) is 15.3. The van der Waals surface area contributed by atoms with Crippen molar-refractivity contribution in [3.63, 3.8) is 0 Å². The number of carbonyl (C=O) groups excluding carboxylic acids is 1. The molecule has 28 heavy (non-hydrogen) atoms. The zero-order valence-electron chi connectivity index (χ0n) is 15.3. The second-order valence-electron chi connectivity index (χ2n) is 6.85. The first-order valence-electron chi connectivity index (χ1n) is 9.38. The van der Waals surface area contributed by atoms with Crippen LogP contribution in [-0.4, -0.2) is 47.0 Å². The third kappa shape index (κ3) is 2.95. The number of hydrogen-bond donors (Lipinski definition) is 3. The van der Waals surface area contributed by atoms with Crippen molar-refractivity contribution >= 4 is 39.2 Å². The Morgan fingerprint density at radius 1 is 1.00 bits per heavy atom. The summed E-state index contributed by atoms with van der Waals surface area (Å²) in [6.07, 6.45) is 3.36. The molecule has 4 aromatic rings. The Morgan fingerprint density at radius 2 is 1.86 bits per heavy atom. The van der Waals surface area contributed by atoms with Gasteiger partial charge in [-0.1, -0.05) is 18.2 Å². The van der Waals surface area contributed by atoms with E-state index in [2.05, 4.69) is 30.5 Å². The van der Waals surface area contributed by atoms with Crippen molar-refractivity contribution in [2.75, 3.05) is 36.4 Å². The van der Waals surface area contributed by atoms with Gasteiger partial charge in [0, 0.05) is 48.7 Å². The molecule has 7 nitrogen and oxygen atoms in total. The number of nitrogens with zero attached hydrogens (tertiary/aromatic N) is 3. The minimum Gasteiger partial charge on any atom is -0.354 e. The number of fused-ring (bicyclic) bond motifs is 3. The summed E-state index contributed by atoms with van der Waals surface area (Å²) >= 11 is 0. The molecular weight excluding hydrogens is 352 g/mol. The topological polar surface area (TPSA) is 85.9 Å². The Balaban J connectivity index is 1.41. The molecule has 0 atom stereocenters. The highest BCUT2D eigenvalue weighted by atomic mass is 16.1. The molecule has 0 aliphatic carbocycles. The van der Waals surface area contributed by atoms with Crippen molar-refractivity contribution in [2.45, 2.75) is 0 Å². The molecule has 1 amide bonds. The van der Waals surface area contributed by atoms with Crippen LogP contribution in [0.4, 0.5) is 11.5 Å². The predicted octanol–water partition coefficient (Wildman–Crippen LogP) is 2.77. The number of hydrogen-bond acceptors (Lipinski definition) is 5. The average molecular weight is 372 g/mol. The number of para-hydroxylation sites is 1. The maximum atomic E-state index is 12.9. The fourth-order valence-corrected chi connectivity index (χ4v) is 3.68. The Kier molecular flexibility index (Phi) is 4.14. The smallest absolute Gasteiger partial charge is 0.276 e. The first-order valence-corrected chi connectivity index (χ1v) is 9.38.